The number of aliphatic imine (C=N–C) groups is 1. The molecule has 0 spiro atoms. The van der Waals surface area contributed by atoms with Crippen LogP contribution < -0.4 is 10.6 Å². The van der Waals surface area contributed by atoms with Gasteiger partial charge in [-0.25, -0.2) is 4.99 Å². The molecule has 122 valence electrons. The number of hydrogen-bond acceptors (Lipinski definition) is 3. The Kier molecular flexibility index (Phi) is 13.1. The van der Waals surface area contributed by atoms with Crippen LogP contribution in [0.3, 0.4) is 0 Å². The molecule has 6 heteroatoms. The van der Waals surface area contributed by atoms with E-state index in [0.717, 1.165) is 31.0 Å². The number of thioether (sulfide) groups is 1. The molecule has 0 unspecified atom stereocenters. The maximum absolute atomic E-state index is 8.90. The molecule has 0 saturated carbocycles. The molecule has 0 aliphatic heterocycles. The summed E-state index contributed by atoms with van der Waals surface area (Å²) in [5.74, 6) is 2.04. The Morgan fingerprint density at radius 1 is 1.32 bits per heavy atom. The molecule has 0 atom stereocenters. The molecule has 1 aromatic carbocycles. The predicted octanol–water partition coefficient (Wildman–Crippen LogP) is 3.37. The third-order valence-electron chi connectivity index (χ3n) is 2.89. The van der Waals surface area contributed by atoms with Gasteiger partial charge in [-0.05, 0) is 49.5 Å². The van der Waals surface area contributed by atoms with Crippen molar-refractivity contribution in [3.05, 3.63) is 35.4 Å². The van der Waals surface area contributed by atoms with E-state index in [9.17, 15) is 0 Å². The van der Waals surface area contributed by atoms with Gasteiger partial charge < -0.3 is 10.6 Å². The SMILES string of the molecule is CCNC(=NCc1cccc(C#N)c1)NCCCCSC.I. The number of unbranched alkanes of at least 4 members (excludes halogenated alkanes) is 1. The number of nitrogens with zero attached hydrogens (tertiary/aromatic N) is 2. The van der Waals surface area contributed by atoms with Gasteiger partial charge in [-0.15, -0.1) is 24.0 Å². The van der Waals surface area contributed by atoms with E-state index in [-0.39, 0.29) is 24.0 Å². The van der Waals surface area contributed by atoms with Crippen LogP contribution in [-0.2, 0) is 6.54 Å². The summed E-state index contributed by atoms with van der Waals surface area (Å²) >= 11 is 1.88. The summed E-state index contributed by atoms with van der Waals surface area (Å²) in [6.45, 7) is 4.41. The van der Waals surface area contributed by atoms with Gasteiger partial charge in [0.05, 0.1) is 18.2 Å². The Hall–Kier alpha value is -0.940. The number of halogens is 1. The fourth-order valence-corrected chi connectivity index (χ4v) is 2.32. The van der Waals surface area contributed by atoms with Gasteiger partial charge in [0.1, 0.15) is 0 Å². The van der Waals surface area contributed by atoms with Gasteiger partial charge in [0.2, 0.25) is 0 Å². The maximum atomic E-state index is 8.90. The Morgan fingerprint density at radius 2 is 2.14 bits per heavy atom. The number of nitriles is 1. The molecule has 0 heterocycles. The van der Waals surface area contributed by atoms with E-state index in [2.05, 4.69) is 34.9 Å². The largest absolute Gasteiger partial charge is 0.357 e. The van der Waals surface area contributed by atoms with Crippen molar-refractivity contribution in [2.45, 2.75) is 26.3 Å². The van der Waals surface area contributed by atoms with Crippen LogP contribution in [0.1, 0.15) is 30.9 Å². The molecular weight excluding hydrogens is 407 g/mol. The highest BCUT2D eigenvalue weighted by atomic mass is 127. The number of nitrogens with one attached hydrogen (secondary N) is 2. The monoisotopic (exact) mass is 432 g/mol. The summed E-state index contributed by atoms with van der Waals surface area (Å²) in [4.78, 5) is 4.56. The second kappa shape index (κ2) is 13.7. The summed E-state index contributed by atoms with van der Waals surface area (Å²) in [6, 6.07) is 9.73. The van der Waals surface area contributed by atoms with Crippen molar-refractivity contribution in [1.82, 2.24) is 10.6 Å². The van der Waals surface area contributed by atoms with Crippen molar-refractivity contribution in [1.29, 1.82) is 5.26 Å². The minimum atomic E-state index is 0. The molecule has 0 amide bonds. The summed E-state index contributed by atoms with van der Waals surface area (Å²) in [6.07, 6.45) is 4.50. The zero-order valence-corrected chi connectivity index (χ0v) is 16.4. The molecule has 2 N–H and O–H groups in total. The quantitative estimate of drug-likeness (QED) is 0.286. The molecule has 22 heavy (non-hydrogen) atoms. The van der Waals surface area contributed by atoms with Crippen LogP contribution in [-0.4, -0.2) is 31.1 Å². The highest BCUT2D eigenvalue weighted by Gasteiger charge is 1.98. The molecular formula is C16H25IN4S. The minimum absolute atomic E-state index is 0. The molecule has 0 aromatic heterocycles. The first-order valence-corrected chi connectivity index (χ1v) is 8.69. The van der Waals surface area contributed by atoms with Crippen LogP contribution in [0.4, 0.5) is 0 Å². The van der Waals surface area contributed by atoms with Gasteiger partial charge in [0.25, 0.3) is 0 Å². The smallest absolute Gasteiger partial charge is 0.191 e. The number of benzene rings is 1. The van der Waals surface area contributed by atoms with Crippen LogP contribution >= 0.6 is 35.7 Å². The molecule has 0 bridgehead atoms. The van der Waals surface area contributed by atoms with Crippen molar-refractivity contribution >= 4 is 41.7 Å². The molecule has 0 radical (unpaired) electrons. The van der Waals surface area contributed by atoms with Crippen molar-refractivity contribution < 1.29 is 0 Å². The van der Waals surface area contributed by atoms with E-state index < -0.39 is 0 Å². The first-order valence-electron chi connectivity index (χ1n) is 7.30. The van der Waals surface area contributed by atoms with Crippen LogP contribution in [0.5, 0.6) is 0 Å². The van der Waals surface area contributed by atoms with E-state index in [0.29, 0.717) is 12.1 Å². The van der Waals surface area contributed by atoms with E-state index >= 15 is 0 Å². The molecule has 0 aliphatic rings. The first-order chi connectivity index (χ1) is 10.3. The average Bonchev–Trinajstić information content (AvgIpc) is 2.52. The fraction of sp³-hybridized carbons (Fsp3) is 0.500. The zero-order valence-electron chi connectivity index (χ0n) is 13.3. The van der Waals surface area contributed by atoms with Crippen LogP contribution in [0.2, 0.25) is 0 Å². The highest BCUT2D eigenvalue weighted by Crippen LogP contribution is 2.05. The number of guanidine groups is 1. The van der Waals surface area contributed by atoms with Crippen LogP contribution in [0.15, 0.2) is 29.3 Å². The average molecular weight is 432 g/mol. The van der Waals surface area contributed by atoms with E-state index in [1.807, 2.05) is 36.0 Å². The van der Waals surface area contributed by atoms with E-state index in [1.165, 1.54) is 12.2 Å². The lowest BCUT2D eigenvalue weighted by molar-refractivity contribution is 0.734. The predicted molar refractivity (Wildman–Crippen MR) is 107 cm³/mol. The molecule has 0 fully saturated rings. The van der Waals surface area contributed by atoms with Crippen molar-refractivity contribution in [2.24, 2.45) is 4.99 Å². The van der Waals surface area contributed by atoms with Gasteiger partial charge in [0.15, 0.2) is 5.96 Å². The Labute approximate surface area is 155 Å². The van der Waals surface area contributed by atoms with Gasteiger partial charge >= 0.3 is 0 Å². The van der Waals surface area contributed by atoms with Crippen molar-refractivity contribution in [3.63, 3.8) is 0 Å². The first kappa shape index (κ1) is 21.1. The summed E-state index contributed by atoms with van der Waals surface area (Å²) < 4.78 is 0. The molecule has 1 rings (SSSR count). The third kappa shape index (κ3) is 9.15. The second-order valence-electron chi connectivity index (χ2n) is 4.63. The molecule has 0 saturated heterocycles. The summed E-state index contributed by atoms with van der Waals surface area (Å²) in [7, 11) is 0. The minimum Gasteiger partial charge on any atom is -0.357 e. The van der Waals surface area contributed by atoms with Gasteiger partial charge in [-0.3, -0.25) is 0 Å². The topological polar surface area (TPSA) is 60.2 Å². The highest BCUT2D eigenvalue weighted by molar-refractivity contribution is 14.0. The zero-order chi connectivity index (χ0) is 15.3. The lowest BCUT2D eigenvalue weighted by Gasteiger charge is -2.11. The standard InChI is InChI=1S/C16H24N4S.HI/c1-3-18-16(19-9-4-5-10-21-2)20-13-15-8-6-7-14(11-15)12-17;/h6-8,11H,3-5,9-10,13H2,1-2H3,(H2,18,19,20);1H. The molecule has 4 nitrogen and oxygen atoms in total. The Balaban J connectivity index is 0.00000441. The Bertz CT molecular complexity index is 485. The summed E-state index contributed by atoms with van der Waals surface area (Å²) in [5, 5.41) is 15.5. The maximum Gasteiger partial charge on any atom is 0.191 e. The normalized spacial score (nSPS) is 10.5. The van der Waals surface area contributed by atoms with Gasteiger partial charge in [-0.1, -0.05) is 12.1 Å². The third-order valence-corrected chi connectivity index (χ3v) is 3.58. The van der Waals surface area contributed by atoms with E-state index in [1.54, 1.807) is 0 Å². The fourth-order valence-electron chi connectivity index (χ4n) is 1.83. The second-order valence-corrected chi connectivity index (χ2v) is 5.62. The Morgan fingerprint density at radius 3 is 2.82 bits per heavy atom. The van der Waals surface area contributed by atoms with Crippen molar-refractivity contribution in [2.75, 3.05) is 25.1 Å². The summed E-state index contributed by atoms with van der Waals surface area (Å²) in [5.41, 5.74) is 1.73. The van der Waals surface area contributed by atoms with Crippen molar-refractivity contribution in [3.8, 4) is 6.07 Å². The lowest BCUT2D eigenvalue weighted by Crippen LogP contribution is -2.37. The number of rotatable bonds is 8. The van der Waals surface area contributed by atoms with Gasteiger partial charge in [-0.2, -0.15) is 17.0 Å². The van der Waals surface area contributed by atoms with Crippen LogP contribution in [0, 0.1) is 11.3 Å². The van der Waals surface area contributed by atoms with Crippen LogP contribution in [0.25, 0.3) is 0 Å². The number of hydrogen-bond donors (Lipinski definition) is 2. The van der Waals surface area contributed by atoms with E-state index in [4.69, 9.17) is 5.26 Å². The molecule has 0 aliphatic carbocycles. The lowest BCUT2D eigenvalue weighted by atomic mass is 10.1. The molecule has 1 aromatic rings. The van der Waals surface area contributed by atoms with Gasteiger partial charge in [0, 0.05) is 13.1 Å².